The number of rotatable bonds is 3. The SMILES string of the molecule is NC[C@@H](N1C(=O)OC[C@H]1c1ccccc1)C(F)(F)F. The fourth-order valence-corrected chi connectivity index (χ4v) is 2.11. The van der Waals surface area contributed by atoms with Crippen LogP contribution in [0.3, 0.4) is 0 Å². The minimum Gasteiger partial charge on any atom is -0.447 e. The van der Waals surface area contributed by atoms with E-state index in [1.165, 1.54) is 0 Å². The van der Waals surface area contributed by atoms with Crippen LogP contribution in [0, 0.1) is 0 Å². The van der Waals surface area contributed by atoms with Crippen LogP contribution in [0.25, 0.3) is 0 Å². The Morgan fingerprint density at radius 2 is 2.00 bits per heavy atom. The fraction of sp³-hybridized carbons (Fsp3) is 0.417. The van der Waals surface area contributed by atoms with Crippen molar-refractivity contribution < 1.29 is 22.7 Å². The molecule has 1 saturated heterocycles. The van der Waals surface area contributed by atoms with Crippen LogP contribution in [-0.2, 0) is 4.74 Å². The van der Waals surface area contributed by atoms with E-state index in [2.05, 4.69) is 0 Å². The molecule has 2 rings (SSSR count). The predicted octanol–water partition coefficient (Wildman–Crippen LogP) is 2.07. The summed E-state index contributed by atoms with van der Waals surface area (Å²) >= 11 is 0. The Balaban J connectivity index is 2.32. The minimum absolute atomic E-state index is 0.102. The van der Waals surface area contributed by atoms with Gasteiger partial charge in [0, 0.05) is 6.54 Å². The van der Waals surface area contributed by atoms with Crippen LogP contribution < -0.4 is 5.73 Å². The fourth-order valence-electron chi connectivity index (χ4n) is 2.11. The molecule has 1 fully saturated rings. The van der Waals surface area contributed by atoms with E-state index in [0.29, 0.717) is 10.5 Å². The van der Waals surface area contributed by atoms with Gasteiger partial charge in [-0.25, -0.2) is 4.79 Å². The van der Waals surface area contributed by atoms with Gasteiger partial charge in [0.15, 0.2) is 0 Å². The molecule has 1 aromatic rings. The molecule has 1 aliphatic heterocycles. The number of cyclic esters (lactones) is 1. The maximum atomic E-state index is 12.9. The number of carbonyl (C=O) groups excluding carboxylic acids is 1. The average Bonchev–Trinajstić information content (AvgIpc) is 2.72. The van der Waals surface area contributed by atoms with Crippen LogP contribution in [0.4, 0.5) is 18.0 Å². The molecule has 1 heterocycles. The van der Waals surface area contributed by atoms with Crippen molar-refractivity contribution in [1.29, 1.82) is 0 Å². The van der Waals surface area contributed by atoms with E-state index in [1.807, 2.05) is 0 Å². The number of alkyl halides is 3. The Hall–Kier alpha value is -1.76. The molecule has 7 heteroatoms. The van der Waals surface area contributed by atoms with Crippen molar-refractivity contribution in [3.63, 3.8) is 0 Å². The lowest BCUT2D eigenvalue weighted by Gasteiger charge is -2.31. The molecule has 2 atom stereocenters. The summed E-state index contributed by atoms with van der Waals surface area (Å²) < 4.78 is 43.5. The van der Waals surface area contributed by atoms with E-state index in [-0.39, 0.29) is 6.61 Å². The lowest BCUT2D eigenvalue weighted by atomic mass is 10.1. The van der Waals surface area contributed by atoms with Gasteiger partial charge in [-0.3, -0.25) is 4.90 Å². The van der Waals surface area contributed by atoms with Crippen molar-refractivity contribution in [1.82, 2.24) is 4.90 Å². The van der Waals surface area contributed by atoms with E-state index >= 15 is 0 Å². The molecule has 19 heavy (non-hydrogen) atoms. The lowest BCUT2D eigenvalue weighted by molar-refractivity contribution is -0.176. The number of carbonyl (C=O) groups is 1. The van der Waals surface area contributed by atoms with Crippen LogP contribution in [0.15, 0.2) is 30.3 Å². The molecule has 0 radical (unpaired) electrons. The first-order valence-corrected chi connectivity index (χ1v) is 5.72. The zero-order chi connectivity index (χ0) is 14.0. The normalized spacial score (nSPS) is 21.4. The highest BCUT2D eigenvalue weighted by molar-refractivity contribution is 5.71. The third kappa shape index (κ3) is 2.65. The van der Waals surface area contributed by atoms with Crippen molar-refractivity contribution >= 4 is 6.09 Å². The predicted molar refractivity (Wildman–Crippen MR) is 61.3 cm³/mol. The topological polar surface area (TPSA) is 55.6 Å². The van der Waals surface area contributed by atoms with Crippen molar-refractivity contribution in [3.8, 4) is 0 Å². The van der Waals surface area contributed by atoms with Crippen LogP contribution in [0.2, 0.25) is 0 Å². The maximum absolute atomic E-state index is 12.9. The van der Waals surface area contributed by atoms with E-state index < -0.39 is 30.9 Å². The Labute approximate surface area is 107 Å². The molecule has 0 aliphatic carbocycles. The number of hydrogen-bond donors (Lipinski definition) is 1. The zero-order valence-electron chi connectivity index (χ0n) is 9.93. The van der Waals surface area contributed by atoms with Crippen LogP contribution in [0.5, 0.6) is 0 Å². The van der Waals surface area contributed by atoms with Gasteiger partial charge in [-0.2, -0.15) is 13.2 Å². The summed E-state index contributed by atoms with van der Waals surface area (Å²) in [5, 5.41) is 0. The van der Waals surface area contributed by atoms with Crippen LogP contribution >= 0.6 is 0 Å². The number of nitrogens with two attached hydrogens (primary N) is 1. The molecule has 1 aromatic carbocycles. The van der Waals surface area contributed by atoms with Gasteiger partial charge < -0.3 is 10.5 Å². The van der Waals surface area contributed by atoms with Gasteiger partial charge >= 0.3 is 12.3 Å². The molecule has 2 N–H and O–H groups in total. The van der Waals surface area contributed by atoms with Crippen molar-refractivity contribution in [2.75, 3.05) is 13.2 Å². The first-order valence-electron chi connectivity index (χ1n) is 5.72. The van der Waals surface area contributed by atoms with Gasteiger partial charge in [0.05, 0.1) is 6.04 Å². The van der Waals surface area contributed by atoms with Gasteiger partial charge in [0.2, 0.25) is 0 Å². The van der Waals surface area contributed by atoms with E-state index in [0.717, 1.165) is 0 Å². The Morgan fingerprint density at radius 3 is 2.53 bits per heavy atom. The number of halogens is 3. The molecular weight excluding hydrogens is 261 g/mol. The lowest BCUT2D eigenvalue weighted by Crippen LogP contribution is -2.51. The largest absolute Gasteiger partial charge is 0.447 e. The van der Waals surface area contributed by atoms with Crippen molar-refractivity contribution in [2.24, 2.45) is 5.73 Å². The summed E-state index contributed by atoms with van der Waals surface area (Å²) in [6, 6.07) is 5.66. The van der Waals surface area contributed by atoms with Gasteiger partial charge in [-0.05, 0) is 5.56 Å². The average molecular weight is 274 g/mol. The second kappa shape index (κ2) is 5.08. The second-order valence-electron chi connectivity index (χ2n) is 4.20. The van der Waals surface area contributed by atoms with Crippen molar-refractivity contribution in [3.05, 3.63) is 35.9 Å². The minimum atomic E-state index is -4.58. The monoisotopic (exact) mass is 274 g/mol. The molecule has 0 spiro atoms. The maximum Gasteiger partial charge on any atom is 0.411 e. The highest BCUT2D eigenvalue weighted by Gasteiger charge is 2.50. The van der Waals surface area contributed by atoms with Crippen LogP contribution in [0.1, 0.15) is 11.6 Å². The molecule has 0 bridgehead atoms. The second-order valence-corrected chi connectivity index (χ2v) is 4.20. The Kier molecular flexibility index (Phi) is 3.66. The quantitative estimate of drug-likeness (QED) is 0.918. The van der Waals surface area contributed by atoms with E-state index in [1.54, 1.807) is 30.3 Å². The summed E-state index contributed by atoms with van der Waals surface area (Å²) in [5.74, 6) is 0. The van der Waals surface area contributed by atoms with Crippen molar-refractivity contribution in [2.45, 2.75) is 18.3 Å². The number of amides is 1. The molecule has 0 aromatic heterocycles. The third-order valence-corrected chi connectivity index (χ3v) is 3.03. The van der Waals surface area contributed by atoms with Gasteiger partial charge in [0.1, 0.15) is 12.6 Å². The van der Waals surface area contributed by atoms with Gasteiger partial charge in [-0.15, -0.1) is 0 Å². The Bertz CT molecular complexity index is 450. The highest BCUT2D eigenvalue weighted by Crippen LogP contribution is 2.35. The summed E-state index contributed by atoms with van der Waals surface area (Å²) in [6.45, 7) is -0.794. The van der Waals surface area contributed by atoms with E-state index in [9.17, 15) is 18.0 Å². The standard InChI is InChI=1S/C12H13F3N2O2/c13-12(14,15)10(6-16)17-9(7-19-11(17)18)8-4-2-1-3-5-8/h1-5,9-10H,6-7,16H2/t9-,10+/m0/s1. The summed E-state index contributed by atoms with van der Waals surface area (Å²) in [6.07, 6.45) is -5.56. The number of hydrogen-bond acceptors (Lipinski definition) is 3. The summed E-state index contributed by atoms with van der Waals surface area (Å²) in [5.41, 5.74) is 5.77. The number of nitrogens with zero attached hydrogens (tertiary/aromatic N) is 1. The van der Waals surface area contributed by atoms with Gasteiger partial charge in [-0.1, -0.05) is 30.3 Å². The van der Waals surface area contributed by atoms with E-state index in [4.69, 9.17) is 10.5 Å². The third-order valence-electron chi connectivity index (χ3n) is 3.03. The first-order chi connectivity index (χ1) is 8.95. The van der Waals surface area contributed by atoms with Crippen LogP contribution in [-0.4, -0.2) is 36.4 Å². The molecule has 4 nitrogen and oxygen atoms in total. The summed E-state index contributed by atoms with van der Waals surface area (Å²) in [4.78, 5) is 12.2. The summed E-state index contributed by atoms with van der Waals surface area (Å²) in [7, 11) is 0. The molecule has 0 saturated carbocycles. The first kappa shape index (κ1) is 13.7. The molecule has 1 amide bonds. The molecule has 1 aliphatic rings. The molecular formula is C12H13F3N2O2. The van der Waals surface area contributed by atoms with Gasteiger partial charge in [0.25, 0.3) is 0 Å². The number of ether oxygens (including phenoxy) is 1. The number of benzene rings is 1. The zero-order valence-corrected chi connectivity index (χ0v) is 9.93. The molecule has 104 valence electrons. The Morgan fingerprint density at radius 1 is 1.37 bits per heavy atom. The highest BCUT2D eigenvalue weighted by atomic mass is 19.4. The smallest absolute Gasteiger partial charge is 0.411 e. The molecule has 0 unspecified atom stereocenters.